The van der Waals surface area contributed by atoms with Crippen LogP contribution in [0.5, 0.6) is 0 Å². The Morgan fingerprint density at radius 1 is 1.50 bits per heavy atom. The van der Waals surface area contributed by atoms with Gasteiger partial charge in [0.25, 0.3) is 0 Å². The zero-order chi connectivity index (χ0) is 10.7. The molecule has 1 aliphatic rings. The largest absolute Gasteiger partial charge is 0.343 e. The molecule has 1 unspecified atom stereocenters. The molecule has 1 aliphatic carbocycles. The van der Waals surface area contributed by atoms with Crippen molar-refractivity contribution in [2.24, 2.45) is 11.7 Å². The summed E-state index contributed by atoms with van der Waals surface area (Å²) in [6, 6.07) is 0.492. The molecule has 1 fully saturated rings. The molecule has 0 spiro atoms. The molecule has 0 heterocycles. The van der Waals surface area contributed by atoms with Crippen LogP contribution in [-0.4, -0.2) is 29.9 Å². The van der Waals surface area contributed by atoms with Crippen molar-refractivity contribution < 1.29 is 4.79 Å². The molecule has 3 nitrogen and oxygen atoms in total. The van der Waals surface area contributed by atoms with Gasteiger partial charge in [0.15, 0.2) is 0 Å². The van der Waals surface area contributed by atoms with Gasteiger partial charge in [-0.05, 0) is 25.2 Å². The highest BCUT2D eigenvalue weighted by Gasteiger charge is 2.26. The van der Waals surface area contributed by atoms with Gasteiger partial charge in [0.05, 0.1) is 0 Å². The van der Waals surface area contributed by atoms with Crippen molar-refractivity contribution in [3.8, 4) is 0 Å². The molecule has 0 aromatic heterocycles. The highest BCUT2D eigenvalue weighted by Crippen LogP contribution is 2.24. The number of hydrogen-bond donors (Lipinski definition) is 1. The summed E-state index contributed by atoms with van der Waals surface area (Å²) in [5.41, 5.74) is 5.87. The predicted octanol–water partition coefficient (Wildman–Crippen LogP) is 1.37. The molecule has 0 radical (unpaired) electrons. The van der Waals surface area contributed by atoms with Gasteiger partial charge in [0, 0.05) is 25.6 Å². The van der Waals surface area contributed by atoms with Crippen LogP contribution in [0.15, 0.2) is 0 Å². The highest BCUT2D eigenvalue weighted by molar-refractivity contribution is 5.77. The number of carbonyl (C=O) groups is 1. The summed E-state index contributed by atoms with van der Waals surface area (Å²) in [6.07, 6.45) is 4.08. The summed E-state index contributed by atoms with van der Waals surface area (Å²) in [5.74, 6) is 0.588. The first-order valence-electron chi connectivity index (χ1n) is 5.53. The Hall–Kier alpha value is -0.570. The Kier molecular flexibility index (Phi) is 3.93. The Balaban J connectivity index is 2.33. The zero-order valence-electron chi connectivity index (χ0n) is 9.49. The fourth-order valence-electron chi connectivity index (χ4n) is 1.56. The van der Waals surface area contributed by atoms with E-state index in [4.69, 9.17) is 5.73 Å². The van der Waals surface area contributed by atoms with Crippen LogP contribution < -0.4 is 5.73 Å². The van der Waals surface area contributed by atoms with Gasteiger partial charge in [0.2, 0.25) is 5.91 Å². The molecule has 82 valence electrons. The molecule has 0 aliphatic heterocycles. The number of nitrogens with two attached hydrogens (primary N) is 1. The summed E-state index contributed by atoms with van der Waals surface area (Å²) in [7, 11) is 1.90. The lowest BCUT2D eigenvalue weighted by atomic mass is 9.91. The van der Waals surface area contributed by atoms with E-state index < -0.39 is 0 Å². The molecule has 0 aromatic carbocycles. The molecule has 0 saturated heterocycles. The van der Waals surface area contributed by atoms with Crippen molar-refractivity contribution in [1.82, 2.24) is 4.90 Å². The topological polar surface area (TPSA) is 46.3 Å². The van der Waals surface area contributed by atoms with E-state index in [9.17, 15) is 4.79 Å². The maximum absolute atomic E-state index is 11.7. The quantitative estimate of drug-likeness (QED) is 0.741. The number of carbonyl (C=O) groups excluding carboxylic acids is 1. The molecular weight excluding hydrogens is 176 g/mol. The van der Waals surface area contributed by atoms with Crippen LogP contribution in [-0.2, 0) is 4.79 Å². The van der Waals surface area contributed by atoms with Gasteiger partial charge in [-0.1, -0.05) is 13.8 Å². The third-order valence-corrected chi connectivity index (χ3v) is 3.28. The molecule has 1 rings (SSSR count). The minimum Gasteiger partial charge on any atom is -0.343 e. The number of hydrogen-bond acceptors (Lipinski definition) is 2. The fraction of sp³-hybridized carbons (Fsp3) is 0.909. The molecule has 1 saturated carbocycles. The maximum Gasteiger partial charge on any atom is 0.224 e. The zero-order valence-corrected chi connectivity index (χ0v) is 9.49. The van der Waals surface area contributed by atoms with Gasteiger partial charge >= 0.3 is 0 Å². The van der Waals surface area contributed by atoms with Crippen LogP contribution in [0.4, 0.5) is 0 Å². The molecule has 1 amide bonds. The Morgan fingerprint density at radius 2 is 2.07 bits per heavy atom. The van der Waals surface area contributed by atoms with Crippen molar-refractivity contribution in [2.45, 2.75) is 51.6 Å². The first-order chi connectivity index (χ1) is 6.52. The van der Waals surface area contributed by atoms with Gasteiger partial charge in [-0.3, -0.25) is 4.79 Å². The molecule has 1 atom stereocenters. The smallest absolute Gasteiger partial charge is 0.224 e. The van der Waals surface area contributed by atoms with Crippen molar-refractivity contribution in [3.05, 3.63) is 0 Å². The van der Waals surface area contributed by atoms with Crippen LogP contribution in [0.25, 0.3) is 0 Å². The van der Waals surface area contributed by atoms with E-state index in [0.717, 1.165) is 0 Å². The molecule has 2 N–H and O–H groups in total. The maximum atomic E-state index is 11.7. The second-order valence-electron chi connectivity index (χ2n) is 4.70. The Morgan fingerprint density at radius 3 is 2.43 bits per heavy atom. The predicted molar refractivity (Wildman–Crippen MR) is 57.8 cm³/mol. The molecule has 3 heteroatoms. The van der Waals surface area contributed by atoms with E-state index in [1.54, 1.807) is 0 Å². The summed E-state index contributed by atoms with van der Waals surface area (Å²) in [4.78, 5) is 13.6. The molecule has 0 aromatic rings. The normalized spacial score (nSPS) is 19.2. The van der Waals surface area contributed by atoms with Gasteiger partial charge in [-0.25, -0.2) is 0 Å². The summed E-state index contributed by atoms with van der Waals surface area (Å²) < 4.78 is 0. The minimum atomic E-state index is 0.00465. The van der Waals surface area contributed by atoms with E-state index in [2.05, 4.69) is 13.8 Å². The van der Waals surface area contributed by atoms with E-state index in [1.807, 2.05) is 11.9 Å². The van der Waals surface area contributed by atoms with E-state index in [-0.39, 0.29) is 11.9 Å². The monoisotopic (exact) mass is 198 g/mol. The molecule has 0 bridgehead atoms. The van der Waals surface area contributed by atoms with Crippen molar-refractivity contribution >= 4 is 5.91 Å². The number of nitrogens with zero attached hydrogens (tertiary/aromatic N) is 1. The van der Waals surface area contributed by atoms with E-state index >= 15 is 0 Å². The molecular formula is C11H22N2O. The van der Waals surface area contributed by atoms with Gasteiger partial charge < -0.3 is 10.6 Å². The van der Waals surface area contributed by atoms with Crippen LogP contribution in [0.3, 0.4) is 0 Å². The average Bonchev–Trinajstić information content (AvgIpc) is 2.00. The summed E-state index contributed by atoms with van der Waals surface area (Å²) in [6.45, 7) is 4.11. The lowest BCUT2D eigenvalue weighted by molar-refractivity contribution is -0.134. The standard InChI is InChI=1S/C11H22N2O/c1-8(2)10(12)7-11(14)13(3)9-5-4-6-9/h8-10H,4-7,12H2,1-3H3. The van der Waals surface area contributed by atoms with E-state index in [0.29, 0.717) is 18.4 Å². The Labute approximate surface area is 86.6 Å². The van der Waals surface area contributed by atoms with Crippen LogP contribution >= 0.6 is 0 Å². The second kappa shape index (κ2) is 4.78. The molecule has 14 heavy (non-hydrogen) atoms. The SMILES string of the molecule is CC(C)C(N)CC(=O)N(C)C1CCC1. The second-order valence-corrected chi connectivity index (χ2v) is 4.70. The van der Waals surface area contributed by atoms with Crippen molar-refractivity contribution in [1.29, 1.82) is 0 Å². The van der Waals surface area contributed by atoms with Crippen LogP contribution in [0, 0.1) is 5.92 Å². The minimum absolute atomic E-state index is 0.00465. The lowest BCUT2D eigenvalue weighted by Crippen LogP contribution is -2.44. The third kappa shape index (κ3) is 2.71. The van der Waals surface area contributed by atoms with Gasteiger partial charge in [-0.2, -0.15) is 0 Å². The highest BCUT2D eigenvalue weighted by atomic mass is 16.2. The Bertz CT molecular complexity index is 199. The van der Waals surface area contributed by atoms with Gasteiger partial charge in [-0.15, -0.1) is 0 Å². The number of amides is 1. The van der Waals surface area contributed by atoms with Crippen LogP contribution in [0.1, 0.15) is 39.5 Å². The first kappa shape index (κ1) is 11.5. The van der Waals surface area contributed by atoms with Crippen molar-refractivity contribution in [3.63, 3.8) is 0 Å². The van der Waals surface area contributed by atoms with Gasteiger partial charge in [0.1, 0.15) is 0 Å². The van der Waals surface area contributed by atoms with Crippen molar-refractivity contribution in [2.75, 3.05) is 7.05 Å². The van der Waals surface area contributed by atoms with Crippen LogP contribution in [0.2, 0.25) is 0 Å². The summed E-state index contributed by atoms with van der Waals surface area (Å²) >= 11 is 0. The van der Waals surface area contributed by atoms with E-state index in [1.165, 1.54) is 19.3 Å². The first-order valence-corrected chi connectivity index (χ1v) is 5.53. The lowest BCUT2D eigenvalue weighted by Gasteiger charge is -2.35. The third-order valence-electron chi connectivity index (χ3n) is 3.28. The summed E-state index contributed by atoms with van der Waals surface area (Å²) in [5, 5.41) is 0. The fourth-order valence-corrected chi connectivity index (χ4v) is 1.56. The number of rotatable bonds is 4. The average molecular weight is 198 g/mol.